The van der Waals surface area contributed by atoms with Crippen LogP contribution in [0.25, 0.3) is 0 Å². The van der Waals surface area contributed by atoms with Crippen molar-refractivity contribution >= 4 is 12.0 Å². The zero-order valence-corrected chi connectivity index (χ0v) is 14.5. The molecule has 0 atom stereocenters. The summed E-state index contributed by atoms with van der Waals surface area (Å²) < 4.78 is 5.41. The number of ether oxygens (including phenoxy) is 1. The Labute approximate surface area is 142 Å². The summed E-state index contributed by atoms with van der Waals surface area (Å²) in [6, 6.07) is -0.0164. The number of rotatable bonds is 9. The van der Waals surface area contributed by atoms with Crippen molar-refractivity contribution in [2.24, 2.45) is 0 Å². The summed E-state index contributed by atoms with van der Waals surface area (Å²) in [6.07, 6.45) is 2.70. The fraction of sp³-hybridized carbons (Fsp3) is 0.875. The second-order valence-electron chi connectivity index (χ2n) is 6.82. The molecule has 2 amide bonds. The molecule has 0 aromatic heterocycles. The highest BCUT2D eigenvalue weighted by Gasteiger charge is 2.43. The Morgan fingerprint density at radius 2 is 1.96 bits per heavy atom. The van der Waals surface area contributed by atoms with Crippen LogP contribution in [0.3, 0.4) is 0 Å². The Morgan fingerprint density at radius 1 is 1.29 bits per heavy atom. The molecule has 24 heavy (non-hydrogen) atoms. The van der Waals surface area contributed by atoms with Crippen molar-refractivity contribution in [2.45, 2.75) is 63.3 Å². The summed E-state index contributed by atoms with van der Waals surface area (Å²) in [5, 5.41) is 24.7. The molecule has 8 nitrogen and oxygen atoms in total. The number of carbonyl (C=O) groups excluding carboxylic acids is 1. The number of hydrogen-bond donors (Lipinski definition) is 4. The topological polar surface area (TPSA) is 111 Å². The van der Waals surface area contributed by atoms with Gasteiger partial charge >= 0.3 is 12.0 Å². The summed E-state index contributed by atoms with van der Waals surface area (Å²) in [5.74, 6) is -0.829. The van der Waals surface area contributed by atoms with Crippen molar-refractivity contribution in [1.29, 1.82) is 0 Å². The molecule has 2 saturated carbocycles. The Balaban J connectivity index is 1.60. The number of aliphatic hydroxyl groups is 1. The van der Waals surface area contributed by atoms with Crippen LogP contribution in [0.4, 0.5) is 4.79 Å². The van der Waals surface area contributed by atoms with Crippen molar-refractivity contribution in [3.63, 3.8) is 0 Å². The molecule has 4 N–H and O–H groups in total. The summed E-state index contributed by atoms with van der Waals surface area (Å²) in [4.78, 5) is 24.6. The molecule has 0 unspecified atom stereocenters. The van der Waals surface area contributed by atoms with Gasteiger partial charge in [0.05, 0.1) is 18.2 Å². The molecule has 138 valence electrons. The van der Waals surface area contributed by atoms with Gasteiger partial charge < -0.3 is 25.6 Å². The first-order valence-electron chi connectivity index (χ1n) is 8.69. The Bertz CT molecular complexity index is 447. The van der Waals surface area contributed by atoms with Gasteiger partial charge in [-0.25, -0.2) is 4.79 Å². The number of nitrogens with zero attached hydrogens (tertiary/aromatic N) is 1. The van der Waals surface area contributed by atoms with E-state index >= 15 is 0 Å². The third kappa shape index (κ3) is 5.06. The number of amides is 2. The van der Waals surface area contributed by atoms with E-state index in [9.17, 15) is 14.7 Å². The molecule has 0 aliphatic heterocycles. The molecular formula is C16H29N3O5. The van der Waals surface area contributed by atoms with Crippen LogP contribution in [0.5, 0.6) is 0 Å². The molecule has 2 rings (SSSR count). The van der Waals surface area contributed by atoms with E-state index in [1.54, 1.807) is 0 Å². The van der Waals surface area contributed by atoms with E-state index in [2.05, 4.69) is 10.6 Å². The average molecular weight is 343 g/mol. The number of likely N-dealkylation sites (N-methyl/N-ethyl adjacent to an activating group) is 1. The average Bonchev–Trinajstić information content (AvgIpc) is 2.45. The lowest BCUT2D eigenvalue weighted by atomic mass is 9.77. The van der Waals surface area contributed by atoms with Crippen molar-refractivity contribution < 1.29 is 24.5 Å². The minimum Gasteiger partial charge on any atom is -0.480 e. The number of carboxylic acid groups (broad SMARTS) is 1. The quantitative estimate of drug-likeness (QED) is 0.474. The fourth-order valence-corrected chi connectivity index (χ4v) is 3.44. The van der Waals surface area contributed by atoms with Gasteiger partial charge in [0, 0.05) is 38.1 Å². The normalized spacial score (nSPS) is 31.9. The number of carboxylic acids is 1. The van der Waals surface area contributed by atoms with Gasteiger partial charge in [-0.3, -0.25) is 9.69 Å². The van der Waals surface area contributed by atoms with Gasteiger partial charge in [0.25, 0.3) is 0 Å². The van der Waals surface area contributed by atoms with E-state index in [0.717, 1.165) is 12.8 Å². The van der Waals surface area contributed by atoms with Gasteiger partial charge in [-0.2, -0.15) is 0 Å². The van der Waals surface area contributed by atoms with Crippen LogP contribution in [0, 0.1) is 0 Å². The lowest BCUT2D eigenvalue weighted by molar-refractivity contribution is -0.139. The minimum absolute atomic E-state index is 0.0358. The molecule has 0 heterocycles. The second kappa shape index (κ2) is 8.13. The summed E-state index contributed by atoms with van der Waals surface area (Å²) in [5.41, 5.74) is -0.861. The molecule has 0 radical (unpaired) electrons. The third-order valence-electron chi connectivity index (χ3n) is 4.90. The van der Waals surface area contributed by atoms with Gasteiger partial charge in [-0.05, 0) is 26.3 Å². The standard InChI is InChI=1S/C16H29N3O5/c1-3-19(9-14(20)21)12-5-11(6-12)18-15(22)17-10-16(23)7-13(8-16)24-4-2/h11-13,23H,3-10H2,1-2H3,(H,20,21)(H2,17,18,22). The Morgan fingerprint density at radius 3 is 2.50 bits per heavy atom. The zero-order chi connectivity index (χ0) is 17.7. The summed E-state index contributed by atoms with van der Waals surface area (Å²) in [7, 11) is 0. The van der Waals surface area contributed by atoms with Crippen molar-refractivity contribution in [2.75, 3.05) is 26.2 Å². The molecule has 2 aliphatic carbocycles. The Hall–Kier alpha value is -1.38. The smallest absolute Gasteiger partial charge is 0.317 e. The number of aliphatic carboxylic acids is 1. The molecule has 0 aromatic rings. The predicted molar refractivity (Wildman–Crippen MR) is 87.8 cm³/mol. The first-order valence-corrected chi connectivity index (χ1v) is 8.69. The second-order valence-corrected chi connectivity index (χ2v) is 6.82. The summed E-state index contributed by atoms with van der Waals surface area (Å²) >= 11 is 0. The number of urea groups is 1. The van der Waals surface area contributed by atoms with Gasteiger partial charge in [-0.15, -0.1) is 0 Å². The highest BCUT2D eigenvalue weighted by atomic mass is 16.5. The first kappa shape index (κ1) is 19.0. The largest absolute Gasteiger partial charge is 0.480 e. The van der Waals surface area contributed by atoms with E-state index < -0.39 is 11.6 Å². The molecular weight excluding hydrogens is 314 g/mol. The van der Waals surface area contributed by atoms with Crippen molar-refractivity contribution in [3.05, 3.63) is 0 Å². The van der Waals surface area contributed by atoms with Crippen LogP contribution in [0.2, 0.25) is 0 Å². The molecule has 8 heteroatoms. The Kier molecular flexibility index (Phi) is 6.42. The molecule has 0 aromatic carbocycles. The maximum absolute atomic E-state index is 11.9. The van der Waals surface area contributed by atoms with Gasteiger partial charge in [0.1, 0.15) is 0 Å². The van der Waals surface area contributed by atoms with Gasteiger partial charge in [0.15, 0.2) is 0 Å². The van der Waals surface area contributed by atoms with Crippen molar-refractivity contribution in [1.82, 2.24) is 15.5 Å². The molecule has 2 fully saturated rings. The fourth-order valence-electron chi connectivity index (χ4n) is 3.44. The number of hydrogen-bond acceptors (Lipinski definition) is 5. The van der Waals surface area contributed by atoms with Crippen LogP contribution >= 0.6 is 0 Å². The van der Waals surface area contributed by atoms with E-state index in [1.165, 1.54) is 0 Å². The van der Waals surface area contributed by atoms with Gasteiger partial charge in [-0.1, -0.05) is 6.92 Å². The maximum Gasteiger partial charge on any atom is 0.317 e. The first-order chi connectivity index (χ1) is 11.3. The summed E-state index contributed by atoms with van der Waals surface area (Å²) in [6.45, 7) is 5.43. The lowest BCUT2D eigenvalue weighted by Gasteiger charge is -2.44. The molecule has 0 saturated heterocycles. The highest BCUT2D eigenvalue weighted by Crippen LogP contribution is 2.33. The van der Waals surface area contributed by atoms with E-state index in [-0.39, 0.29) is 37.3 Å². The van der Waals surface area contributed by atoms with E-state index in [4.69, 9.17) is 9.84 Å². The molecule has 2 aliphatic rings. The predicted octanol–water partition coefficient (Wildman–Crippen LogP) is 0.153. The minimum atomic E-state index is -0.861. The van der Waals surface area contributed by atoms with Crippen molar-refractivity contribution in [3.8, 4) is 0 Å². The molecule has 0 bridgehead atoms. The van der Waals surface area contributed by atoms with E-state index in [1.807, 2.05) is 18.7 Å². The van der Waals surface area contributed by atoms with Crippen LogP contribution in [-0.2, 0) is 9.53 Å². The van der Waals surface area contributed by atoms with E-state index in [0.29, 0.717) is 26.0 Å². The van der Waals surface area contributed by atoms with Crippen LogP contribution in [0.1, 0.15) is 39.5 Å². The number of nitrogens with one attached hydrogen (secondary N) is 2. The third-order valence-corrected chi connectivity index (χ3v) is 4.90. The number of carbonyl (C=O) groups is 2. The monoisotopic (exact) mass is 343 g/mol. The van der Waals surface area contributed by atoms with Crippen LogP contribution in [-0.4, -0.2) is 77.1 Å². The highest BCUT2D eigenvalue weighted by molar-refractivity contribution is 5.74. The lowest BCUT2D eigenvalue weighted by Crippen LogP contribution is -2.59. The molecule has 0 spiro atoms. The van der Waals surface area contributed by atoms with Crippen LogP contribution < -0.4 is 10.6 Å². The van der Waals surface area contributed by atoms with Gasteiger partial charge in [0.2, 0.25) is 0 Å². The van der Waals surface area contributed by atoms with Crippen LogP contribution in [0.15, 0.2) is 0 Å². The zero-order valence-electron chi connectivity index (χ0n) is 14.5. The SMILES string of the molecule is CCOC1CC(O)(CNC(=O)NC2CC(N(CC)CC(=O)O)C2)C1. The maximum atomic E-state index is 11.9.